The van der Waals surface area contributed by atoms with E-state index in [0.29, 0.717) is 5.56 Å². The Balaban J connectivity index is 2.08. The topological polar surface area (TPSA) is 57.0 Å². The van der Waals surface area contributed by atoms with Crippen molar-refractivity contribution in [1.82, 2.24) is 14.8 Å². The first-order chi connectivity index (χ1) is 8.40. The molecule has 1 aliphatic heterocycles. The van der Waals surface area contributed by atoms with Gasteiger partial charge in [0, 0.05) is 23.8 Å². The van der Waals surface area contributed by atoms with E-state index < -0.39 is 0 Å². The number of carbonyl (C=O) groups is 1. The number of hydrogen-bond acceptors (Lipinski definition) is 4. The molecular formula is C12H13N3O2. The molecule has 1 atom stereocenters. The van der Waals surface area contributed by atoms with Crippen LogP contribution in [0, 0.1) is 0 Å². The van der Waals surface area contributed by atoms with Gasteiger partial charge in [0.2, 0.25) is 0 Å². The summed E-state index contributed by atoms with van der Waals surface area (Å²) < 4.78 is 7.46. The van der Waals surface area contributed by atoms with Crippen LogP contribution in [0.4, 0.5) is 0 Å². The van der Waals surface area contributed by atoms with Crippen LogP contribution in [0.3, 0.4) is 0 Å². The molecule has 0 amide bonds. The van der Waals surface area contributed by atoms with E-state index in [-0.39, 0.29) is 6.23 Å². The third kappa shape index (κ3) is 1.72. The Morgan fingerprint density at radius 2 is 2.41 bits per heavy atom. The van der Waals surface area contributed by atoms with Crippen LogP contribution in [-0.4, -0.2) is 27.7 Å². The first-order valence-corrected chi connectivity index (χ1v) is 5.79. The number of carbonyl (C=O) groups excluding carboxylic acids is 1. The summed E-state index contributed by atoms with van der Waals surface area (Å²) in [5.74, 6) is 0. The minimum Gasteiger partial charge on any atom is -0.356 e. The fourth-order valence-electron chi connectivity index (χ4n) is 2.20. The van der Waals surface area contributed by atoms with Crippen LogP contribution in [0.25, 0.3) is 11.0 Å². The number of aldehydes is 1. The number of pyridine rings is 1. The molecule has 0 bridgehead atoms. The van der Waals surface area contributed by atoms with Gasteiger partial charge in [-0.15, -0.1) is 0 Å². The predicted octanol–water partition coefficient (Wildman–Crippen LogP) is 1.94. The minimum atomic E-state index is -0.0457. The number of rotatable bonds is 2. The molecule has 88 valence electrons. The summed E-state index contributed by atoms with van der Waals surface area (Å²) in [5.41, 5.74) is 1.35. The Bertz CT molecular complexity index is 544. The zero-order valence-corrected chi connectivity index (χ0v) is 9.37. The molecule has 0 radical (unpaired) electrons. The second-order valence-electron chi connectivity index (χ2n) is 4.17. The Labute approximate surface area is 98.4 Å². The van der Waals surface area contributed by atoms with Crippen molar-refractivity contribution in [1.29, 1.82) is 0 Å². The van der Waals surface area contributed by atoms with Crippen LogP contribution in [0.1, 0.15) is 35.8 Å². The second-order valence-corrected chi connectivity index (χ2v) is 4.17. The molecule has 1 fully saturated rings. The van der Waals surface area contributed by atoms with Crippen LogP contribution in [0.15, 0.2) is 18.5 Å². The van der Waals surface area contributed by atoms with Crippen molar-refractivity contribution in [2.75, 3.05) is 6.61 Å². The standard InChI is InChI=1S/C12H13N3O2/c16-8-9-4-5-13-12-10(9)7-14-15(12)11-3-1-2-6-17-11/h4-5,7-8,11H,1-3,6H2. The molecule has 17 heavy (non-hydrogen) atoms. The molecule has 0 aliphatic carbocycles. The van der Waals surface area contributed by atoms with Gasteiger partial charge in [0.05, 0.1) is 6.20 Å². The molecule has 2 aromatic heterocycles. The van der Waals surface area contributed by atoms with Crippen LogP contribution in [0.2, 0.25) is 0 Å². The third-order valence-corrected chi connectivity index (χ3v) is 3.09. The fraction of sp³-hybridized carbons (Fsp3) is 0.417. The zero-order chi connectivity index (χ0) is 11.7. The van der Waals surface area contributed by atoms with Crippen molar-refractivity contribution < 1.29 is 9.53 Å². The van der Waals surface area contributed by atoms with Crippen LogP contribution < -0.4 is 0 Å². The molecule has 2 aromatic rings. The number of aromatic nitrogens is 3. The molecular weight excluding hydrogens is 218 g/mol. The quantitative estimate of drug-likeness (QED) is 0.741. The summed E-state index contributed by atoms with van der Waals surface area (Å²) in [6.45, 7) is 0.763. The maximum Gasteiger partial charge on any atom is 0.161 e. The van der Waals surface area contributed by atoms with Gasteiger partial charge in [-0.25, -0.2) is 9.67 Å². The summed E-state index contributed by atoms with van der Waals surface area (Å²) >= 11 is 0. The van der Waals surface area contributed by atoms with Crippen LogP contribution in [-0.2, 0) is 4.74 Å². The van der Waals surface area contributed by atoms with Crippen LogP contribution >= 0.6 is 0 Å². The van der Waals surface area contributed by atoms with Crippen molar-refractivity contribution in [2.24, 2.45) is 0 Å². The van der Waals surface area contributed by atoms with E-state index in [4.69, 9.17) is 4.74 Å². The lowest BCUT2D eigenvalue weighted by Crippen LogP contribution is -2.19. The number of fused-ring (bicyclic) bond motifs is 1. The largest absolute Gasteiger partial charge is 0.356 e. The highest BCUT2D eigenvalue weighted by Crippen LogP contribution is 2.25. The number of ether oxygens (including phenoxy) is 1. The summed E-state index contributed by atoms with van der Waals surface area (Å²) in [6, 6.07) is 1.70. The molecule has 5 nitrogen and oxygen atoms in total. The summed E-state index contributed by atoms with van der Waals surface area (Å²) in [6.07, 6.45) is 7.29. The van der Waals surface area contributed by atoms with Gasteiger partial charge in [-0.05, 0) is 25.3 Å². The predicted molar refractivity (Wildman–Crippen MR) is 61.8 cm³/mol. The maximum atomic E-state index is 10.9. The van der Waals surface area contributed by atoms with E-state index in [0.717, 1.165) is 43.2 Å². The van der Waals surface area contributed by atoms with Crippen LogP contribution in [0.5, 0.6) is 0 Å². The number of nitrogens with zero attached hydrogens (tertiary/aromatic N) is 3. The highest BCUT2D eigenvalue weighted by atomic mass is 16.5. The summed E-state index contributed by atoms with van der Waals surface area (Å²) in [4.78, 5) is 15.2. The van der Waals surface area contributed by atoms with Crippen molar-refractivity contribution >= 4 is 17.3 Å². The van der Waals surface area contributed by atoms with E-state index in [1.165, 1.54) is 0 Å². The lowest BCUT2D eigenvalue weighted by molar-refractivity contribution is -0.0370. The lowest BCUT2D eigenvalue weighted by Gasteiger charge is -2.22. The first kappa shape index (κ1) is 10.4. The minimum absolute atomic E-state index is 0.0457. The SMILES string of the molecule is O=Cc1ccnc2c1cnn2C1CCCCO1. The average Bonchev–Trinajstić information content (AvgIpc) is 2.83. The fourth-order valence-corrected chi connectivity index (χ4v) is 2.20. The summed E-state index contributed by atoms with van der Waals surface area (Å²) in [5, 5.41) is 5.09. The highest BCUT2D eigenvalue weighted by Gasteiger charge is 2.19. The van der Waals surface area contributed by atoms with Crippen molar-refractivity contribution in [3.8, 4) is 0 Å². The molecule has 0 aromatic carbocycles. The Morgan fingerprint density at radius 3 is 3.18 bits per heavy atom. The smallest absolute Gasteiger partial charge is 0.161 e. The Hall–Kier alpha value is -1.75. The molecule has 0 saturated carbocycles. The molecule has 1 aliphatic rings. The monoisotopic (exact) mass is 231 g/mol. The normalized spacial score (nSPS) is 20.6. The lowest BCUT2D eigenvalue weighted by atomic mass is 10.2. The molecule has 1 unspecified atom stereocenters. The molecule has 0 spiro atoms. The van der Waals surface area contributed by atoms with Gasteiger partial charge in [0.25, 0.3) is 0 Å². The third-order valence-electron chi connectivity index (χ3n) is 3.09. The number of hydrogen-bond donors (Lipinski definition) is 0. The molecule has 3 rings (SSSR count). The first-order valence-electron chi connectivity index (χ1n) is 5.79. The Kier molecular flexibility index (Phi) is 2.60. The van der Waals surface area contributed by atoms with Gasteiger partial charge in [0.1, 0.15) is 0 Å². The zero-order valence-electron chi connectivity index (χ0n) is 9.37. The van der Waals surface area contributed by atoms with Gasteiger partial charge in [-0.1, -0.05) is 0 Å². The molecule has 5 heteroatoms. The van der Waals surface area contributed by atoms with E-state index >= 15 is 0 Å². The van der Waals surface area contributed by atoms with Gasteiger partial charge >= 0.3 is 0 Å². The van der Waals surface area contributed by atoms with Gasteiger partial charge in [-0.2, -0.15) is 5.10 Å². The van der Waals surface area contributed by atoms with Gasteiger partial charge in [-0.3, -0.25) is 4.79 Å². The molecule has 3 heterocycles. The maximum absolute atomic E-state index is 10.9. The van der Waals surface area contributed by atoms with E-state index in [1.54, 1.807) is 23.1 Å². The van der Waals surface area contributed by atoms with Gasteiger partial charge in [0.15, 0.2) is 18.2 Å². The van der Waals surface area contributed by atoms with E-state index in [2.05, 4.69) is 10.1 Å². The van der Waals surface area contributed by atoms with Crippen molar-refractivity contribution in [2.45, 2.75) is 25.5 Å². The van der Waals surface area contributed by atoms with Crippen molar-refractivity contribution in [3.63, 3.8) is 0 Å². The van der Waals surface area contributed by atoms with E-state index in [9.17, 15) is 4.79 Å². The second kappa shape index (κ2) is 4.25. The molecule has 1 saturated heterocycles. The van der Waals surface area contributed by atoms with E-state index in [1.807, 2.05) is 0 Å². The summed E-state index contributed by atoms with van der Waals surface area (Å²) in [7, 11) is 0. The average molecular weight is 231 g/mol. The highest BCUT2D eigenvalue weighted by molar-refractivity contribution is 5.94. The Morgan fingerprint density at radius 1 is 1.47 bits per heavy atom. The van der Waals surface area contributed by atoms with Crippen molar-refractivity contribution in [3.05, 3.63) is 24.0 Å². The van der Waals surface area contributed by atoms with Gasteiger partial charge < -0.3 is 4.74 Å². The molecule has 0 N–H and O–H groups in total.